The fraction of sp³-hybridized carbons (Fsp3) is 0.316. The molecule has 1 amide bonds. The quantitative estimate of drug-likeness (QED) is 0.685. The van der Waals surface area contributed by atoms with Crippen LogP contribution in [0.2, 0.25) is 0 Å². The molecule has 0 aliphatic rings. The Balaban J connectivity index is 1.97. The molecule has 0 bridgehead atoms. The summed E-state index contributed by atoms with van der Waals surface area (Å²) in [5, 5.41) is 12.8. The van der Waals surface area contributed by atoms with Crippen LogP contribution in [0, 0.1) is 0 Å². The molecule has 2 aromatic rings. The van der Waals surface area contributed by atoms with Crippen LogP contribution in [0.5, 0.6) is 0 Å². The first kappa shape index (κ1) is 18.5. The molecule has 4 nitrogen and oxygen atoms in total. The van der Waals surface area contributed by atoms with E-state index in [1.165, 1.54) is 11.1 Å². The molecule has 1 atom stereocenters. The summed E-state index contributed by atoms with van der Waals surface area (Å²) < 4.78 is 0. The second-order valence-electron chi connectivity index (χ2n) is 5.73. The van der Waals surface area contributed by atoms with Crippen LogP contribution in [0.3, 0.4) is 0 Å². The predicted molar refractivity (Wildman–Crippen MR) is 96.7 cm³/mol. The molecule has 0 fully saturated rings. The number of carbonyl (C=O) groups is 1. The molecule has 0 saturated heterocycles. The van der Waals surface area contributed by atoms with Crippen molar-refractivity contribution in [1.29, 1.82) is 0 Å². The number of carbonyl (C=O) groups excluding carboxylic acids is 1. The molecule has 2 rings (SSSR count). The zero-order chi connectivity index (χ0) is 17.2. The lowest BCUT2D eigenvalue weighted by Crippen LogP contribution is -2.40. The van der Waals surface area contributed by atoms with E-state index in [0.717, 1.165) is 13.1 Å². The van der Waals surface area contributed by atoms with Gasteiger partial charge in [0.2, 0.25) is 5.91 Å². The molecule has 0 aliphatic heterocycles. The van der Waals surface area contributed by atoms with Gasteiger partial charge in [-0.2, -0.15) is 0 Å². The molecule has 2 aromatic carbocycles. The topological polar surface area (TPSA) is 52.6 Å². The molecule has 0 heterocycles. The van der Waals surface area contributed by atoms with Crippen LogP contribution in [0.4, 0.5) is 0 Å². The molecular weight excluding hydrogens is 324 g/mol. The lowest BCUT2D eigenvalue weighted by atomic mass is 10.1. The Morgan fingerprint density at radius 1 is 1.00 bits per heavy atom. The summed E-state index contributed by atoms with van der Waals surface area (Å²) in [5.41, 5.74) is 2.37. The van der Waals surface area contributed by atoms with Crippen LogP contribution in [-0.4, -0.2) is 41.0 Å². The lowest BCUT2D eigenvalue weighted by Gasteiger charge is -2.25. The number of nitrogens with one attached hydrogen (secondary N) is 1. The Hall–Kier alpha value is -1.88. The summed E-state index contributed by atoms with van der Waals surface area (Å²) >= 11 is 5.45. The fourth-order valence-corrected chi connectivity index (χ4v) is 2.60. The summed E-state index contributed by atoms with van der Waals surface area (Å²) in [6.45, 7) is 2.13. The van der Waals surface area contributed by atoms with Gasteiger partial charge < -0.3 is 10.4 Å². The van der Waals surface area contributed by atoms with E-state index in [4.69, 9.17) is 11.6 Å². The highest BCUT2D eigenvalue weighted by atomic mass is 35.5. The van der Waals surface area contributed by atoms with Crippen molar-refractivity contribution in [1.82, 2.24) is 10.2 Å². The number of amides is 1. The van der Waals surface area contributed by atoms with Gasteiger partial charge in [-0.15, -0.1) is 11.6 Å². The second kappa shape index (κ2) is 10.1. The number of alkyl halides is 1. The number of halogens is 1. The van der Waals surface area contributed by atoms with Crippen LogP contribution in [-0.2, 0) is 17.9 Å². The Bertz CT molecular complexity index is 566. The third-order valence-electron chi connectivity index (χ3n) is 3.62. The van der Waals surface area contributed by atoms with Gasteiger partial charge in [-0.05, 0) is 11.1 Å². The SMILES string of the molecule is O=C(CCl)NC[C@H](O)CN(Cc1ccccc1)Cc1ccccc1. The van der Waals surface area contributed by atoms with Crippen molar-refractivity contribution >= 4 is 17.5 Å². The van der Waals surface area contributed by atoms with Crippen molar-refractivity contribution in [3.05, 3.63) is 71.8 Å². The molecule has 0 aromatic heterocycles. The van der Waals surface area contributed by atoms with E-state index >= 15 is 0 Å². The van der Waals surface area contributed by atoms with E-state index in [1.807, 2.05) is 36.4 Å². The largest absolute Gasteiger partial charge is 0.390 e. The average molecular weight is 347 g/mol. The minimum Gasteiger partial charge on any atom is -0.390 e. The second-order valence-corrected chi connectivity index (χ2v) is 6.00. The molecule has 128 valence electrons. The molecule has 5 heteroatoms. The van der Waals surface area contributed by atoms with Gasteiger partial charge in [0.25, 0.3) is 0 Å². The van der Waals surface area contributed by atoms with Gasteiger partial charge in [0.05, 0.1) is 6.10 Å². The van der Waals surface area contributed by atoms with E-state index in [0.29, 0.717) is 6.54 Å². The standard InChI is InChI=1S/C19H23ClN2O2/c20-11-19(24)21-12-18(23)15-22(13-16-7-3-1-4-8-16)14-17-9-5-2-6-10-17/h1-10,18,23H,11-15H2,(H,21,24)/t18-/m0/s1. The van der Waals surface area contributed by atoms with Gasteiger partial charge in [-0.1, -0.05) is 60.7 Å². The van der Waals surface area contributed by atoms with Crippen LogP contribution < -0.4 is 5.32 Å². The zero-order valence-electron chi connectivity index (χ0n) is 13.6. The maximum Gasteiger partial charge on any atom is 0.235 e. The van der Waals surface area contributed by atoms with Crippen LogP contribution in [0.15, 0.2) is 60.7 Å². The maximum absolute atomic E-state index is 11.2. The summed E-state index contributed by atoms with van der Waals surface area (Å²) in [6.07, 6.45) is -0.649. The summed E-state index contributed by atoms with van der Waals surface area (Å²) in [5.74, 6) is -0.363. The maximum atomic E-state index is 11.2. The number of nitrogens with zero attached hydrogens (tertiary/aromatic N) is 1. The van der Waals surface area contributed by atoms with E-state index in [2.05, 4.69) is 34.5 Å². The summed E-state index contributed by atoms with van der Waals surface area (Å²) in [6, 6.07) is 20.3. The Labute approximate surface area is 148 Å². The molecule has 0 radical (unpaired) electrons. The third kappa shape index (κ3) is 6.71. The van der Waals surface area contributed by atoms with E-state index < -0.39 is 6.10 Å². The highest BCUT2D eigenvalue weighted by Gasteiger charge is 2.14. The van der Waals surface area contributed by atoms with Gasteiger partial charge in [0.15, 0.2) is 0 Å². The van der Waals surface area contributed by atoms with Crippen molar-refractivity contribution in [2.45, 2.75) is 19.2 Å². The lowest BCUT2D eigenvalue weighted by molar-refractivity contribution is -0.119. The van der Waals surface area contributed by atoms with Gasteiger partial charge in [-0.25, -0.2) is 0 Å². The molecule has 0 aliphatic carbocycles. The number of hydrogen-bond acceptors (Lipinski definition) is 3. The van der Waals surface area contributed by atoms with Crippen molar-refractivity contribution in [2.75, 3.05) is 19.0 Å². The van der Waals surface area contributed by atoms with Gasteiger partial charge in [0.1, 0.15) is 5.88 Å². The monoisotopic (exact) mass is 346 g/mol. The normalized spacial score (nSPS) is 12.1. The highest BCUT2D eigenvalue weighted by molar-refractivity contribution is 6.27. The zero-order valence-corrected chi connectivity index (χ0v) is 14.3. The molecule has 2 N–H and O–H groups in total. The number of benzene rings is 2. The smallest absolute Gasteiger partial charge is 0.235 e. The third-order valence-corrected chi connectivity index (χ3v) is 3.87. The number of aliphatic hydroxyl groups is 1. The summed E-state index contributed by atoms with van der Waals surface area (Å²) in [4.78, 5) is 13.4. The first-order valence-electron chi connectivity index (χ1n) is 7.98. The van der Waals surface area contributed by atoms with Gasteiger partial charge in [0, 0.05) is 26.2 Å². The Kier molecular flexibility index (Phi) is 7.75. The first-order chi connectivity index (χ1) is 11.7. The summed E-state index contributed by atoms with van der Waals surface area (Å²) in [7, 11) is 0. The van der Waals surface area contributed by atoms with Gasteiger partial charge >= 0.3 is 0 Å². The van der Waals surface area contributed by atoms with Crippen molar-refractivity contribution in [2.24, 2.45) is 0 Å². The first-order valence-corrected chi connectivity index (χ1v) is 8.51. The van der Waals surface area contributed by atoms with Crippen molar-refractivity contribution in [3.8, 4) is 0 Å². The fourth-order valence-electron chi connectivity index (χ4n) is 2.51. The van der Waals surface area contributed by atoms with Crippen molar-refractivity contribution < 1.29 is 9.90 Å². The average Bonchev–Trinajstić information content (AvgIpc) is 2.61. The molecule has 0 saturated carbocycles. The van der Waals surface area contributed by atoms with Gasteiger partial charge in [-0.3, -0.25) is 9.69 Å². The van der Waals surface area contributed by atoms with E-state index in [-0.39, 0.29) is 18.3 Å². The Morgan fingerprint density at radius 3 is 1.96 bits per heavy atom. The number of rotatable bonds is 9. The predicted octanol–water partition coefficient (Wildman–Crippen LogP) is 2.40. The molecule has 0 spiro atoms. The molecule has 24 heavy (non-hydrogen) atoms. The number of hydrogen-bond donors (Lipinski definition) is 2. The highest BCUT2D eigenvalue weighted by Crippen LogP contribution is 2.10. The van der Waals surface area contributed by atoms with Crippen LogP contribution in [0.25, 0.3) is 0 Å². The molecule has 0 unspecified atom stereocenters. The molecular formula is C19H23ClN2O2. The van der Waals surface area contributed by atoms with E-state index in [1.54, 1.807) is 0 Å². The minimum absolute atomic E-state index is 0.0928. The van der Waals surface area contributed by atoms with Crippen molar-refractivity contribution in [3.63, 3.8) is 0 Å². The van der Waals surface area contributed by atoms with Crippen LogP contribution in [0.1, 0.15) is 11.1 Å². The van der Waals surface area contributed by atoms with E-state index in [9.17, 15) is 9.90 Å². The number of aliphatic hydroxyl groups excluding tert-OH is 1. The van der Waals surface area contributed by atoms with Crippen LogP contribution >= 0.6 is 11.6 Å². The minimum atomic E-state index is -0.649. The Morgan fingerprint density at radius 2 is 1.50 bits per heavy atom.